The number of hydrazine groups is 2. The first-order valence-electron chi connectivity index (χ1n) is 10.8. The summed E-state index contributed by atoms with van der Waals surface area (Å²) in [4.78, 5) is 51.3. The molecule has 0 spiro atoms. The number of amides is 4. The number of hydrogen-bond acceptors (Lipinski definition) is 8. The van der Waals surface area contributed by atoms with E-state index in [0.29, 0.717) is 0 Å². The Labute approximate surface area is 205 Å². The van der Waals surface area contributed by atoms with E-state index in [4.69, 9.17) is 24.4 Å². The summed E-state index contributed by atoms with van der Waals surface area (Å²) in [7, 11) is 0. The van der Waals surface area contributed by atoms with Crippen molar-refractivity contribution in [2.75, 3.05) is 0 Å². The Balaban J connectivity index is 1.44. The largest absolute Gasteiger partial charge is 0.286 e. The first-order chi connectivity index (χ1) is 15.4. The minimum atomic E-state index is -0.553. The number of carbonyl (C=O) groups is 4. The van der Waals surface area contributed by atoms with Gasteiger partial charge in [-0.1, -0.05) is 62.0 Å². The molecule has 32 heavy (non-hydrogen) atoms. The van der Waals surface area contributed by atoms with Crippen LogP contribution in [0.1, 0.15) is 64.2 Å². The Morgan fingerprint density at radius 3 is 1.38 bits per heavy atom. The van der Waals surface area contributed by atoms with Gasteiger partial charge in [-0.05, 0) is 50.1 Å². The fourth-order valence-corrected chi connectivity index (χ4v) is 6.85. The molecule has 0 unspecified atom stereocenters. The second-order valence-corrected chi connectivity index (χ2v) is 11.6. The maximum Gasteiger partial charge on any atom is 0.286 e. The van der Waals surface area contributed by atoms with Crippen molar-refractivity contribution in [1.29, 1.82) is 0 Å². The van der Waals surface area contributed by atoms with Crippen molar-refractivity contribution in [3.05, 3.63) is 9.81 Å². The molecule has 12 heteroatoms. The lowest BCUT2D eigenvalue weighted by Crippen LogP contribution is -2.48. The van der Waals surface area contributed by atoms with Crippen LogP contribution in [0.5, 0.6) is 0 Å². The topological polar surface area (TPSA) is 98.8 Å². The van der Waals surface area contributed by atoms with E-state index in [9.17, 15) is 19.2 Å². The van der Waals surface area contributed by atoms with Crippen LogP contribution in [0.25, 0.3) is 0 Å². The van der Waals surface area contributed by atoms with Gasteiger partial charge in [0.25, 0.3) is 11.8 Å². The average molecular weight is 513 g/mol. The highest BCUT2D eigenvalue weighted by Crippen LogP contribution is 2.41. The molecule has 2 heterocycles. The van der Waals surface area contributed by atoms with Crippen LogP contribution in [0.2, 0.25) is 0 Å². The summed E-state index contributed by atoms with van der Waals surface area (Å²) in [6.07, 6.45) is 9.36. The van der Waals surface area contributed by atoms with Gasteiger partial charge in [0.2, 0.25) is 11.8 Å². The Bertz CT molecular complexity index is 837. The number of rotatable bonds is 4. The van der Waals surface area contributed by atoms with Crippen LogP contribution in [0, 0.1) is 11.8 Å². The van der Waals surface area contributed by atoms with Gasteiger partial charge in [-0.25, -0.2) is 0 Å². The van der Waals surface area contributed by atoms with Crippen LogP contribution >= 0.6 is 48.0 Å². The van der Waals surface area contributed by atoms with E-state index in [0.717, 1.165) is 97.7 Å². The van der Waals surface area contributed by atoms with Crippen molar-refractivity contribution in [1.82, 2.24) is 20.9 Å². The van der Waals surface area contributed by atoms with Gasteiger partial charge in [-0.3, -0.25) is 30.0 Å². The van der Waals surface area contributed by atoms with E-state index in [1.165, 1.54) is 0 Å². The SMILES string of the molecule is O=C(NN1C(=O)C(=C2SC(=S)N(NC(=O)C3CCCCC3)C2=O)SC1=S)C1CCCCC1. The summed E-state index contributed by atoms with van der Waals surface area (Å²) < 4.78 is 0.316. The molecule has 4 aliphatic rings. The molecule has 0 aromatic heterocycles. The highest BCUT2D eigenvalue weighted by molar-refractivity contribution is 8.29. The summed E-state index contributed by atoms with van der Waals surface area (Å²) in [5.41, 5.74) is 5.25. The quantitative estimate of drug-likeness (QED) is 0.438. The number of hydrogen-bond donors (Lipinski definition) is 2. The molecule has 172 valence electrons. The summed E-state index contributed by atoms with van der Waals surface area (Å²) in [6.45, 7) is 0. The maximum absolute atomic E-state index is 13.0. The molecular weight excluding hydrogens is 489 g/mol. The molecule has 2 saturated heterocycles. The number of carbonyl (C=O) groups excluding carboxylic acids is 4. The molecule has 4 rings (SSSR count). The van der Waals surface area contributed by atoms with Gasteiger partial charge in [0, 0.05) is 11.8 Å². The Morgan fingerprint density at radius 2 is 1.03 bits per heavy atom. The molecule has 2 aliphatic heterocycles. The molecule has 0 radical (unpaired) electrons. The highest BCUT2D eigenvalue weighted by Gasteiger charge is 2.44. The fraction of sp³-hybridized carbons (Fsp3) is 0.600. The van der Waals surface area contributed by atoms with E-state index in [-0.39, 0.29) is 42.1 Å². The van der Waals surface area contributed by atoms with Crippen LogP contribution in [-0.4, -0.2) is 42.3 Å². The molecule has 0 aromatic rings. The standard InChI is InChI=1S/C20H24N4O4S4/c25-15(11-7-3-1-4-8-11)21-23-17(27)13(31-19(23)29)14-18(28)24(20(30)32-14)22-16(26)12-9-5-2-6-10-12/h11-12H,1-10H2,(H,21,25)(H,22,26). The zero-order valence-electron chi connectivity index (χ0n) is 17.4. The lowest BCUT2D eigenvalue weighted by Gasteiger charge is -2.24. The minimum Gasteiger partial charge on any atom is -0.273 e. The molecule has 0 atom stereocenters. The third-order valence-electron chi connectivity index (χ3n) is 6.14. The number of thioether (sulfide) groups is 2. The number of thiocarbonyl (C=S) groups is 2. The van der Waals surface area contributed by atoms with Crippen molar-refractivity contribution in [2.45, 2.75) is 64.2 Å². The lowest BCUT2D eigenvalue weighted by molar-refractivity contribution is -0.136. The summed E-state index contributed by atoms with van der Waals surface area (Å²) in [6, 6.07) is 0. The van der Waals surface area contributed by atoms with E-state index < -0.39 is 11.8 Å². The molecular formula is C20H24N4O4S4. The Hall–Kier alpha value is -1.50. The van der Waals surface area contributed by atoms with E-state index in [2.05, 4.69) is 10.9 Å². The summed E-state index contributed by atoms with van der Waals surface area (Å²) in [5, 5.41) is 2.08. The van der Waals surface area contributed by atoms with Crippen molar-refractivity contribution >= 4 is 80.2 Å². The van der Waals surface area contributed by atoms with Gasteiger partial charge in [0.15, 0.2) is 8.64 Å². The molecule has 8 nitrogen and oxygen atoms in total. The van der Waals surface area contributed by atoms with E-state index >= 15 is 0 Å². The van der Waals surface area contributed by atoms with Crippen molar-refractivity contribution in [3.8, 4) is 0 Å². The second kappa shape index (κ2) is 10.2. The third kappa shape index (κ3) is 4.87. The predicted octanol–water partition coefficient (Wildman–Crippen LogP) is 3.14. The molecule has 4 amide bonds. The van der Waals surface area contributed by atoms with Crippen LogP contribution in [0.15, 0.2) is 9.81 Å². The minimum absolute atomic E-state index is 0.116. The Morgan fingerprint density at radius 1 is 0.688 bits per heavy atom. The first-order valence-corrected chi connectivity index (χ1v) is 13.3. The molecule has 2 N–H and O–H groups in total. The molecule has 2 aliphatic carbocycles. The monoisotopic (exact) mass is 512 g/mol. The van der Waals surface area contributed by atoms with Gasteiger partial charge in [-0.15, -0.1) is 0 Å². The molecule has 4 fully saturated rings. The van der Waals surface area contributed by atoms with Gasteiger partial charge in [0.1, 0.15) is 9.81 Å². The third-order valence-corrected chi connectivity index (χ3v) is 9.02. The fourth-order valence-electron chi connectivity index (χ4n) is 4.33. The normalized spacial score (nSPS) is 25.6. The van der Waals surface area contributed by atoms with Crippen LogP contribution in [0.3, 0.4) is 0 Å². The highest BCUT2D eigenvalue weighted by atomic mass is 32.2. The Kier molecular flexibility index (Phi) is 7.53. The smallest absolute Gasteiger partial charge is 0.273 e. The summed E-state index contributed by atoms with van der Waals surface area (Å²) >= 11 is 12.5. The van der Waals surface area contributed by atoms with E-state index in [1.54, 1.807) is 0 Å². The first kappa shape index (κ1) is 23.7. The van der Waals surface area contributed by atoms with Gasteiger partial charge < -0.3 is 0 Å². The maximum atomic E-state index is 13.0. The van der Waals surface area contributed by atoms with Crippen LogP contribution in [0.4, 0.5) is 0 Å². The molecule has 0 aromatic carbocycles. The zero-order chi connectivity index (χ0) is 22.8. The van der Waals surface area contributed by atoms with Crippen LogP contribution in [-0.2, 0) is 19.2 Å². The van der Waals surface area contributed by atoms with E-state index in [1.807, 2.05) is 0 Å². The van der Waals surface area contributed by atoms with Gasteiger partial charge in [0.05, 0.1) is 0 Å². The summed E-state index contributed by atoms with van der Waals surface area (Å²) in [5.74, 6) is -1.83. The van der Waals surface area contributed by atoms with Crippen LogP contribution < -0.4 is 10.9 Å². The lowest BCUT2D eigenvalue weighted by atomic mass is 9.89. The number of nitrogens with zero attached hydrogens (tertiary/aromatic N) is 2. The molecule has 0 bridgehead atoms. The van der Waals surface area contributed by atoms with Crippen molar-refractivity contribution in [2.24, 2.45) is 11.8 Å². The predicted molar refractivity (Wildman–Crippen MR) is 131 cm³/mol. The average Bonchev–Trinajstić information content (AvgIpc) is 3.24. The zero-order valence-corrected chi connectivity index (χ0v) is 20.7. The van der Waals surface area contributed by atoms with Crippen molar-refractivity contribution in [3.63, 3.8) is 0 Å². The van der Waals surface area contributed by atoms with Gasteiger partial charge in [-0.2, -0.15) is 10.0 Å². The van der Waals surface area contributed by atoms with Gasteiger partial charge >= 0.3 is 0 Å². The molecule has 2 saturated carbocycles. The number of nitrogens with one attached hydrogen (secondary N) is 2. The second-order valence-electron chi connectivity index (χ2n) is 8.30. The van der Waals surface area contributed by atoms with Crippen molar-refractivity contribution < 1.29 is 19.2 Å².